The van der Waals surface area contributed by atoms with Gasteiger partial charge in [-0.2, -0.15) is 5.26 Å². The van der Waals surface area contributed by atoms with E-state index in [1.54, 1.807) is 6.07 Å². The topological polar surface area (TPSA) is 96.3 Å². The van der Waals surface area contributed by atoms with Crippen molar-refractivity contribution in [2.45, 2.75) is 12.5 Å². The van der Waals surface area contributed by atoms with E-state index in [0.29, 0.717) is 0 Å². The van der Waals surface area contributed by atoms with Crippen LogP contribution in [0.3, 0.4) is 0 Å². The smallest absolute Gasteiger partial charge is 0.307 e. The summed E-state index contributed by atoms with van der Waals surface area (Å²) in [4.78, 5) is 11.0. The van der Waals surface area contributed by atoms with Crippen molar-refractivity contribution in [3.63, 3.8) is 0 Å². The van der Waals surface area contributed by atoms with Gasteiger partial charge < -0.3 is 15.6 Å². The van der Waals surface area contributed by atoms with Gasteiger partial charge in [-0.05, 0) is 12.1 Å². The predicted molar refractivity (Wildman–Crippen MR) is 63.6 cm³/mol. The van der Waals surface area contributed by atoms with Crippen LogP contribution in [-0.4, -0.2) is 18.2 Å². The molecular formula is C11H12ClFN2O3. The van der Waals surface area contributed by atoms with Crippen LogP contribution in [0, 0.1) is 17.1 Å². The van der Waals surface area contributed by atoms with Crippen molar-refractivity contribution < 1.29 is 19.0 Å². The lowest BCUT2D eigenvalue weighted by Gasteiger charge is -2.14. The van der Waals surface area contributed by atoms with Gasteiger partial charge in [0.1, 0.15) is 0 Å². The number of carbonyl (C=O) groups is 1. The van der Waals surface area contributed by atoms with E-state index >= 15 is 0 Å². The predicted octanol–water partition coefficient (Wildman–Crippen LogP) is 1.39. The van der Waals surface area contributed by atoms with Gasteiger partial charge in [-0.1, -0.05) is 0 Å². The van der Waals surface area contributed by atoms with E-state index in [0.717, 1.165) is 6.07 Å². The minimum absolute atomic E-state index is 0. The third kappa shape index (κ3) is 3.32. The maximum absolute atomic E-state index is 13.1. The lowest BCUT2D eigenvalue weighted by atomic mass is 9.98. The molecule has 0 radical (unpaired) electrons. The number of methoxy groups -OCH3 is 1. The first kappa shape index (κ1) is 16.2. The van der Waals surface area contributed by atoms with Gasteiger partial charge in [0, 0.05) is 11.6 Å². The number of carbonyl (C=O) groups excluding carboxylic acids is 1. The number of benzene rings is 1. The lowest BCUT2D eigenvalue weighted by molar-refractivity contribution is -0.141. The number of aromatic hydroxyl groups is 1. The SMILES string of the molecule is COC(=O)C[C@H](N)c1c(C#N)ccc(F)c1O.Cl. The fourth-order valence-corrected chi connectivity index (χ4v) is 1.42. The van der Waals surface area contributed by atoms with Gasteiger partial charge in [0.15, 0.2) is 11.6 Å². The lowest BCUT2D eigenvalue weighted by Crippen LogP contribution is -2.18. The number of phenols is 1. The summed E-state index contributed by atoms with van der Waals surface area (Å²) in [5.74, 6) is -2.20. The zero-order chi connectivity index (χ0) is 13.0. The molecule has 0 bridgehead atoms. The van der Waals surface area contributed by atoms with Crippen LogP contribution in [0.5, 0.6) is 5.75 Å². The van der Waals surface area contributed by atoms with Crippen molar-refractivity contribution >= 4 is 18.4 Å². The fraction of sp³-hybridized carbons (Fsp3) is 0.273. The van der Waals surface area contributed by atoms with Crippen LogP contribution in [0.4, 0.5) is 4.39 Å². The zero-order valence-electron chi connectivity index (χ0n) is 9.51. The molecule has 0 saturated carbocycles. The van der Waals surface area contributed by atoms with E-state index in [1.165, 1.54) is 13.2 Å². The Morgan fingerprint density at radius 3 is 2.78 bits per heavy atom. The second kappa shape index (κ2) is 6.79. The standard InChI is InChI=1S/C11H11FN2O3.ClH/c1-17-9(15)4-8(14)10-6(5-13)2-3-7(12)11(10)16;/h2-3,8,16H,4,14H2,1H3;1H/t8-;/m0./s1. The molecule has 0 amide bonds. The number of hydrogen-bond donors (Lipinski definition) is 2. The molecule has 0 aliphatic rings. The second-order valence-corrected chi connectivity index (χ2v) is 3.36. The molecule has 0 saturated heterocycles. The van der Waals surface area contributed by atoms with Crippen LogP contribution in [0.15, 0.2) is 12.1 Å². The third-order valence-corrected chi connectivity index (χ3v) is 2.27. The van der Waals surface area contributed by atoms with Crippen molar-refractivity contribution in [2.75, 3.05) is 7.11 Å². The maximum atomic E-state index is 13.1. The van der Waals surface area contributed by atoms with Gasteiger partial charge in [0.05, 0.1) is 25.2 Å². The first-order chi connectivity index (χ1) is 8.01. The van der Waals surface area contributed by atoms with Gasteiger partial charge in [0.2, 0.25) is 0 Å². The molecule has 0 unspecified atom stereocenters. The number of hydrogen-bond acceptors (Lipinski definition) is 5. The Morgan fingerprint density at radius 2 is 2.28 bits per heavy atom. The number of halogens is 2. The van der Waals surface area contributed by atoms with Crippen LogP contribution >= 0.6 is 12.4 Å². The molecule has 1 aromatic rings. The number of ether oxygens (including phenoxy) is 1. The second-order valence-electron chi connectivity index (χ2n) is 3.36. The summed E-state index contributed by atoms with van der Waals surface area (Å²) in [5, 5.41) is 18.3. The van der Waals surface area contributed by atoms with E-state index in [9.17, 15) is 14.3 Å². The Kier molecular flexibility index (Phi) is 6.09. The van der Waals surface area contributed by atoms with Crippen LogP contribution < -0.4 is 5.73 Å². The van der Waals surface area contributed by atoms with Crippen LogP contribution in [-0.2, 0) is 9.53 Å². The molecule has 18 heavy (non-hydrogen) atoms. The fourth-order valence-electron chi connectivity index (χ4n) is 1.42. The number of rotatable bonds is 3. The molecule has 98 valence electrons. The number of nitriles is 1. The van der Waals surface area contributed by atoms with Gasteiger partial charge in [0.25, 0.3) is 0 Å². The molecule has 0 aliphatic carbocycles. The summed E-state index contributed by atoms with van der Waals surface area (Å²) in [5.41, 5.74) is 5.58. The van der Waals surface area contributed by atoms with Crippen molar-refractivity contribution in [1.82, 2.24) is 0 Å². The highest BCUT2D eigenvalue weighted by molar-refractivity contribution is 5.85. The van der Waals surface area contributed by atoms with Crippen molar-refractivity contribution in [3.8, 4) is 11.8 Å². The summed E-state index contributed by atoms with van der Waals surface area (Å²) >= 11 is 0. The molecular weight excluding hydrogens is 263 g/mol. The Bertz CT molecular complexity index is 488. The third-order valence-electron chi connectivity index (χ3n) is 2.27. The molecule has 3 N–H and O–H groups in total. The first-order valence-corrected chi connectivity index (χ1v) is 4.75. The molecule has 0 fully saturated rings. The average Bonchev–Trinajstić information content (AvgIpc) is 2.31. The monoisotopic (exact) mass is 274 g/mol. The Labute approximate surface area is 109 Å². The molecule has 1 atom stereocenters. The quantitative estimate of drug-likeness (QED) is 0.812. The minimum atomic E-state index is -0.993. The number of esters is 1. The Morgan fingerprint density at radius 1 is 1.67 bits per heavy atom. The largest absolute Gasteiger partial charge is 0.505 e. The molecule has 7 heteroatoms. The molecule has 5 nitrogen and oxygen atoms in total. The van der Waals surface area contributed by atoms with Crippen LogP contribution in [0.1, 0.15) is 23.6 Å². The van der Waals surface area contributed by atoms with Crippen molar-refractivity contribution in [3.05, 3.63) is 29.1 Å². The Hall–Kier alpha value is -1.84. The molecule has 1 rings (SSSR count). The van der Waals surface area contributed by atoms with E-state index in [4.69, 9.17) is 11.0 Å². The van der Waals surface area contributed by atoms with Gasteiger partial charge in [-0.15, -0.1) is 12.4 Å². The molecule has 0 aliphatic heterocycles. The number of nitrogens with two attached hydrogens (primary N) is 1. The van der Waals surface area contributed by atoms with Crippen LogP contribution in [0.2, 0.25) is 0 Å². The molecule has 1 aromatic carbocycles. The highest BCUT2D eigenvalue weighted by Crippen LogP contribution is 2.30. The molecule has 0 aromatic heterocycles. The van der Waals surface area contributed by atoms with E-state index in [2.05, 4.69) is 4.74 Å². The van der Waals surface area contributed by atoms with E-state index < -0.39 is 23.6 Å². The normalized spacial score (nSPS) is 11.0. The average molecular weight is 275 g/mol. The highest BCUT2D eigenvalue weighted by Gasteiger charge is 2.21. The molecule has 0 spiro atoms. The minimum Gasteiger partial charge on any atom is -0.505 e. The number of phenolic OH excluding ortho intramolecular Hbond substituents is 1. The van der Waals surface area contributed by atoms with Crippen molar-refractivity contribution in [1.29, 1.82) is 5.26 Å². The van der Waals surface area contributed by atoms with Gasteiger partial charge in [-0.3, -0.25) is 4.79 Å². The summed E-state index contributed by atoms with van der Waals surface area (Å²) in [6, 6.07) is 2.94. The van der Waals surface area contributed by atoms with Crippen LogP contribution in [0.25, 0.3) is 0 Å². The summed E-state index contributed by atoms with van der Waals surface area (Å²) < 4.78 is 17.6. The molecule has 0 heterocycles. The summed E-state index contributed by atoms with van der Waals surface area (Å²) in [6.07, 6.45) is -0.248. The summed E-state index contributed by atoms with van der Waals surface area (Å²) in [6.45, 7) is 0. The highest BCUT2D eigenvalue weighted by atomic mass is 35.5. The van der Waals surface area contributed by atoms with E-state index in [1.807, 2.05) is 0 Å². The summed E-state index contributed by atoms with van der Waals surface area (Å²) in [7, 11) is 1.19. The van der Waals surface area contributed by atoms with E-state index in [-0.39, 0.29) is 30.0 Å². The van der Waals surface area contributed by atoms with Gasteiger partial charge >= 0.3 is 5.97 Å². The number of nitrogens with zero attached hydrogens (tertiary/aromatic N) is 1. The van der Waals surface area contributed by atoms with Crippen molar-refractivity contribution in [2.24, 2.45) is 5.73 Å². The maximum Gasteiger partial charge on any atom is 0.307 e. The Balaban J connectivity index is 0.00000289. The zero-order valence-corrected chi connectivity index (χ0v) is 10.3. The first-order valence-electron chi connectivity index (χ1n) is 4.75. The van der Waals surface area contributed by atoms with Gasteiger partial charge in [-0.25, -0.2) is 4.39 Å².